The zero-order valence-electron chi connectivity index (χ0n) is 10.1. The molecule has 16 heavy (non-hydrogen) atoms. The Bertz CT molecular complexity index is 318. The molecule has 0 fully saturated rings. The fraction of sp³-hybridized carbons (Fsp3) is 0.500. The van der Waals surface area contributed by atoms with Gasteiger partial charge in [0, 0.05) is 12.7 Å². The minimum absolute atomic E-state index is 0.0217. The number of methoxy groups -OCH3 is 1. The van der Waals surface area contributed by atoms with E-state index in [9.17, 15) is 0 Å². The molecule has 0 aliphatic heterocycles. The average Bonchev–Trinajstić information content (AvgIpc) is 2.32. The Balaban J connectivity index is 2.98. The van der Waals surface area contributed by atoms with E-state index in [0.29, 0.717) is 6.61 Å². The van der Waals surface area contributed by atoms with Gasteiger partial charge in [-0.2, -0.15) is 0 Å². The molecule has 0 aliphatic carbocycles. The summed E-state index contributed by atoms with van der Waals surface area (Å²) < 4.78 is 10.9. The van der Waals surface area contributed by atoms with Crippen molar-refractivity contribution < 1.29 is 9.47 Å². The van der Waals surface area contributed by atoms with Crippen LogP contribution in [0.3, 0.4) is 0 Å². The lowest BCUT2D eigenvalue weighted by molar-refractivity contribution is 0.0819. The van der Waals surface area contributed by atoms with Gasteiger partial charge in [-0.15, -0.1) is 0 Å². The normalized spacial score (nSPS) is 14.5. The van der Waals surface area contributed by atoms with Crippen molar-refractivity contribution in [1.29, 1.82) is 0 Å². The Morgan fingerprint density at radius 3 is 2.62 bits per heavy atom. The van der Waals surface area contributed by atoms with E-state index in [1.807, 2.05) is 38.1 Å². The van der Waals surface area contributed by atoms with Crippen molar-refractivity contribution >= 4 is 0 Å². The van der Waals surface area contributed by atoms with Crippen molar-refractivity contribution in [3.05, 3.63) is 29.8 Å². The monoisotopic (exact) mass is 224 g/mol. The first kappa shape index (κ1) is 13.0. The van der Waals surface area contributed by atoms with E-state index in [1.165, 1.54) is 0 Å². The number of hydrogen-bond acceptors (Lipinski definition) is 4. The fourth-order valence-corrected chi connectivity index (χ4v) is 1.64. The number of nitrogens with two attached hydrogens (primary N) is 1. The highest BCUT2D eigenvalue weighted by Crippen LogP contribution is 2.27. The van der Waals surface area contributed by atoms with Gasteiger partial charge in [-0.05, 0) is 19.9 Å². The molecule has 4 nitrogen and oxygen atoms in total. The SMILES string of the molecule is CCOc1ccccc1C(NN)C(C)OC. The molecule has 0 radical (unpaired) electrons. The molecule has 3 N–H and O–H groups in total. The van der Waals surface area contributed by atoms with Crippen LogP contribution in [0.2, 0.25) is 0 Å². The van der Waals surface area contributed by atoms with E-state index in [-0.39, 0.29) is 12.1 Å². The zero-order chi connectivity index (χ0) is 12.0. The largest absolute Gasteiger partial charge is 0.494 e. The van der Waals surface area contributed by atoms with Gasteiger partial charge in [-0.25, -0.2) is 0 Å². The van der Waals surface area contributed by atoms with Gasteiger partial charge >= 0.3 is 0 Å². The number of hydrazine groups is 1. The third-order valence-electron chi connectivity index (χ3n) is 2.57. The van der Waals surface area contributed by atoms with Crippen LogP contribution in [0.5, 0.6) is 5.75 Å². The number of nitrogens with one attached hydrogen (secondary N) is 1. The molecule has 1 aromatic carbocycles. The first-order valence-corrected chi connectivity index (χ1v) is 5.45. The van der Waals surface area contributed by atoms with Crippen molar-refractivity contribution in [3.63, 3.8) is 0 Å². The third kappa shape index (κ3) is 2.95. The lowest BCUT2D eigenvalue weighted by Crippen LogP contribution is -2.36. The number of ether oxygens (including phenoxy) is 2. The van der Waals surface area contributed by atoms with Crippen LogP contribution in [0.1, 0.15) is 25.5 Å². The van der Waals surface area contributed by atoms with Gasteiger partial charge in [0.05, 0.1) is 18.8 Å². The summed E-state index contributed by atoms with van der Waals surface area (Å²) in [6.45, 7) is 4.56. The van der Waals surface area contributed by atoms with Crippen molar-refractivity contribution in [2.24, 2.45) is 5.84 Å². The third-order valence-corrected chi connectivity index (χ3v) is 2.57. The molecule has 0 aliphatic rings. The van der Waals surface area contributed by atoms with Crippen LogP contribution in [0, 0.1) is 0 Å². The molecule has 0 bridgehead atoms. The molecule has 2 unspecified atom stereocenters. The molecular formula is C12H20N2O2. The summed E-state index contributed by atoms with van der Waals surface area (Å²) in [5, 5.41) is 0. The second kappa shape index (κ2) is 6.48. The number of rotatable bonds is 6. The Kier molecular flexibility index (Phi) is 5.25. The maximum Gasteiger partial charge on any atom is 0.124 e. The lowest BCUT2D eigenvalue weighted by atomic mass is 10.0. The summed E-state index contributed by atoms with van der Waals surface area (Å²) in [5.41, 5.74) is 3.78. The smallest absolute Gasteiger partial charge is 0.124 e. The van der Waals surface area contributed by atoms with Gasteiger partial charge in [-0.1, -0.05) is 18.2 Å². The van der Waals surface area contributed by atoms with Gasteiger partial charge < -0.3 is 9.47 Å². The maximum absolute atomic E-state index is 5.56. The second-order valence-corrected chi connectivity index (χ2v) is 3.56. The fourth-order valence-electron chi connectivity index (χ4n) is 1.64. The van der Waals surface area contributed by atoms with E-state index in [1.54, 1.807) is 7.11 Å². The van der Waals surface area contributed by atoms with Crippen molar-refractivity contribution in [3.8, 4) is 5.75 Å². The molecule has 0 spiro atoms. The number of hydrogen-bond donors (Lipinski definition) is 2. The van der Waals surface area contributed by atoms with Gasteiger partial charge in [0.2, 0.25) is 0 Å². The van der Waals surface area contributed by atoms with E-state index >= 15 is 0 Å². The van der Waals surface area contributed by atoms with E-state index in [2.05, 4.69) is 5.43 Å². The van der Waals surface area contributed by atoms with Crippen molar-refractivity contribution in [2.45, 2.75) is 26.0 Å². The van der Waals surface area contributed by atoms with Gasteiger partial charge in [0.25, 0.3) is 0 Å². The summed E-state index contributed by atoms with van der Waals surface area (Å²) in [5.74, 6) is 6.41. The topological polar surface area (TPSA) is 56.5 Å². The van der Waals surface area contributed by atoms with Gasteiger partial charge in [0.1, 0.15) is 5.75 Å². The van der Waals surface area contributed by atoms with E-state index in [4.69, 9.17) is 15.3 Å². The first-order valence-electron chi connectivity index (χ1n) is 5.45. The highest BCUT2D eigenvalue weighted by molar-refractivity contribution is 5.36. The average molecular weight is 224 g/mol. The van der Waals surface area contributed by atoms with Crippen LogP contribution in [0.25, 0.3) is 0 Å². The number of benzene rings is 1. The molecule has 90 valence electrons. The highest BCUT2D eigenvalue weighted by Gasteiger charge is 2.20. The summed E-state index contributed by atoms with van der Waals surface area (Å²) in [4.78, 5) is 0. The van der Waals surface area contributed by atoms with Crippen LogP contribution >= 0.6 is 0 Å². The van der Waals surface area contributed by atoms with Crippen LogP contribution in [-0.2, 0) is 4.74 Å². The first-order chi connectivity index (χ1) is 7.74. The van der Waals surface area contributed by atoms with Crippen molar-refractivity contribution in [2.75, 3.05) is 13.7 Å². The summed E-state index contributed by atoms with van der Waals surface area (Å²) in [7, 11) is 1.66. The van der Waals surface area contributed by atoms with Crippen molar-refractivity contribution in [1.82, 2.24) is 5.43 Å². The Labute approximate surface area is 96.7 Å². The van der Waals surface area contributed by atoms with Crippen LogP contribution in [0.4, 0.5) is 0 Å². The predicted molar refractivity (Wildman–Crippen MR) is 64.1 cm³/mol. The predicted octanol–water partition coefficient (Wildman–Crippen LogP) is 1.62. The number of para-hydroxylation sites is 1. The molecule has 0 amide bonds. The molecule has 0 heterocycles. The summed E-state index contributed by atoms with van der Waals surface area (Å²) >= 11 is 0. The van der Waals surface area contributed by atoms with Crippen LogP contribution < -0.4 is 16.0 Å². The molecule has 2 atom stereocenters. The summed E-state index contributed by atoms with van der Waals surface area (Å²) in [6.07, 6.45) is -0.0217. The molecule has 0 saturated heterocycles. The Morgan fingerprint density at radius 1 is 1.38 bits per heavy atom. The molecule has 4 heteroatoms. The van der Waals surface area contributed by atoms with Gasteiger partial charge in [-0.3, -0.25) is 11.3 Å². The van der Waals surface area contributed by atoms with E-state index < -0.39 is 0 Å². The quantitative estimate of drug-likeness (QED) is 0.569. The van der Waals surface area contributed by atoms with Gasteiger partial charge in [0.15, 0.2) is 0 Å². The van der Waals surface area contributed by atoms with Crippen LogP contribution in [-0.4, -0.2) is 19.8 Å². The minimum atomic E-state index is -0.0762. The molecule has 1 rings (SSSR count). The molecule has 1 aromatic rings. The zero-order valence-corrected chi connectivity index (χ0v) is 10.1. The summed E-state index contributed by atoms with van der Waals surface area (Å²) in [6, 6.07) is 7.76. The Hall–Kier alpha value is -1.10. The maximum atomic E-state index is 5.56. The van der Waals surface area contributed by atoms with Crippen LogP contribution in [0.15, 0.2) is 24.3 Å². The lowest BCUT2D eigenvalue weighted by Gasteiger charge is -2.24. The minimum Gasteiger partial charge on any atom is -0.494 e. The Morgan fingerprint density at radius 2 is 2.06 bits per heavy atom. The highest BCUT2D eigenvalue weighted by atomic mass is 16.5. The molecule has 0 saturated carbocycles. The molecule has 0 aromatic heterocycles. The van der Waals surface area contributed by atoms with E-state index in [0.717, 1.165) is 11.3 Å². The standard InChI is InChI=1S/C12H20N2O2/c1-4-16-11-8-6-5-7-10(11)12(14-13)9(2)15-3/h5-9,12,14H,4,13H2,1-3H3. The second-order valence-electron chi connectivity index (χ2n) is 3.56. The molecular weight excluding hydrogens is 204 g/mol.